The number of benzene rings is 1. The van der Waals surface area contributed by atoms with Crippen molar-refractivity contribution in [3.05, 3.63) is 34.3 Å². The number of allylic oxidation sites excluding steroid dienone is 1. The second-order valence-corrected chi connectivity index (χ2v) is 6.59. The van der Waals surface area contributed by atoms with Crippen LogP contribution < -0.4 is 4.74 Å². The predicted octanol–water partition coefficient (Wildman–Crippen LogP) is 3.75. The van der Waals surface area contributed by atoms with Crippen molar-refractivity contribution in [2.24, 2.45) is 0 Å². The number of nitrogens with zero attached hydrogens (tertiary/aromatic N) is 2. The van der Waals surface area contributed by atoms with E-state index in [2.05, 4.69) is 37.9 Å². The molecule has 1 atom stereocenters. The molecule has 1 heterocycles. The van der Waals surface area contributed by atoms with Crippen LogP contribution in [-0.4, -0.2) is 35.2 Å². The van der Waals surface area contributed by atoms with Gasteiger partial charge < -0.3 is 9.64 Å². The Morgan fingerprint density at radius 2 is 2.21 bits per heavy atom. The summed E-state index contributed by atoms with van der Waals surface area (Å²) in [5.74, 6) is 0.0412. The number of amides is 1. The first-order valence-corrected chi connectivity index (χ1v) is 8.29. The first kappa shape index (κ1) is 21.7. The van der Waals surface area contributed by atoms with E-state index in [-0.39, 0.29) is 39.3 Å². The summed E-state index contributed by atoms with van der Waals surface area (Å²) in [5, 5.41) is 8.51. The molecule has 24 heavy (non-hydrogen) atoms. The minimum Gasteiger partial charge on any atom is -0.479 e. The molecule has 1 radical (unpaired) electrons. The molecule has 0 aliphatic carbocycles. The number of halogens is 4. The number of carbonyl (C=O) groups is 1. The summed E-state index contributed by atoms with van der Waals surface area (Å²) in [6.45, 7) is -0.787. The zero-order valence-corrected chi connectivity index (χ0v) is 18.3. The van der Waals surface area contributed by atoms with Crippen LogP contribution in [0.15, 0.2) is 22.7 Å². The molecule has 1 aromatic carbocycles. The van der Waals surface area contributed by atoms with Crippen LogP contribution in [0.4, 0.5) is 8.78 Å². The molecule has 4 nitrogen and oxygen atoms in total. The first-order valence-electron chi connectivity index (χ1n) is 6.58. The van der Waals surface area contributed by atoms with Crippen molar-refractivity contribution in [3.8, 4) is 11.8 Å². The zero-order chi connectivity index (χ0) is 17.0. The fourth-order valence-corrected chi connectivity index (χ4v) is 3.06. The minimum atomic E-state index is -2.65. The molecule has 1 amide bonds. The van der Waals surface area contributed by atoms with Gasteiger partial charge in [-0.15, -0.1) is 17.3 Å². The normalized spacial score (nSPS) is 17.2. The summed E-state index contributed by atoms with van der Waals surface area (Å²) in [5.41, 5.74) is 0.868. The van der Waals surface area contributed by atoms with Crippen molar-refractivity contribution in [1.82, 2.24) is 4.90 Å². The third kappa shape index (κ3) is 5.32. The number of rotatable bonds is 5. The van der Waals surface area contributed by atoms with E-state index in [4.69, 9.17) is 10.00 Å². The topological polar surface area (TPSA) is 53.3 Å². The van der Waals surface area contributed by atoms with Crippen molar-refractivity contribution in [2.75, 3.05) is 13.2 Å². The molecular weight excluding hydrogens is 527 g/mol. The average molecular weight is 538 g/mol. The van der Waals surface area contributed by atoms with Gasteiger partial charge in [0.05, 0.1) is 11.4 Å². The van der Waals surface area contributed by atoms with E-state index < -0.39 is 23.7 Å². The van der Waals surface area contributed by atoms with Gasteiger partial charge in [-0.3, -0.25) is 4.79 Å². The fourth-order valence-electron chi connectivity index (χ4n) is 2.10. The number of carbonyl (C=O) groups excluding carboxylic acids is 1. The van der Waals surface area contributed by atoms with Crippen LogP contribution in [-0.2, 0) is 37.5 Å². The van der Waals surface area contributed by atoms with Gasteiger partial charge in [-0.25, -0.2) is 14.9 Å². The summed E-state index contributed by atoms with van der Waals surface area (Å²) >= 11 is 6.51. The first-order chi connectivity index (χ1) is 10.9. The van der Waals surface area contributed by atoms with Crippen molar-refractivity contribution in [2.45, 2.75) is 17.7 Å². The van der Waals surface area contributed by atoms with Gasteiger partial charge >= 0.3 is 0 Å². The molecule has 1 aliphatic heterocycles. The quantitative estimate of drug-likeness (QED) is 0.425. The molecule has 0 saturated carbocycles. The van der Waals surface area contributed by atoms with E-state index >= 15 is 0 Å². The molecule has 1 aliphatic rings. The summed E-state index contributed by atoms with van der Waals surface area (Å²) in [6, 6.07) is 6.72. The Labute approximate surface area is 180 Å². The van der Waals surface area contributed by atoms with Gasteiger partial charge in [0.25, 0.3) is 6.43 Å². The van der Waals surface area contributed by atoms with Gasteiger partial charge in [-0.1, -0.05) is 42.8 Å². The molecular formula is C15H11Br2F2N2O2Y-. The molecule has 9 heteroatoms. The van der Waals surface area contributed by atoms with Crippen LogP contribution in [0.25, 0.3) is 5.70 Å². The van der Waals surface area contributed by atoms with E-state index in [0.717, 1.165) is 4.90 Å². The van der Waals surface area contributed by atoms with Gasteiger partial charge in [-0.2, -0.15) is 5.26 Å². The van der Waals surface area contributed by atoms with Crippen LogP contribution >= 0.6 is 31.9 Å². The third-order valence-electron chi connectivity index (χ3n) is 3.07. The van der Waals surface area contributed by atoms with E-state index in [1.54, 1.807) is 18.2 Å². The summed E-state index contributed by atoms with van der Waals surface area (Å²) < 4.78 is 31.3. The van der Waals surface area contributed by atoms with Crippen LogP contribution in [0.3, 0.4) is 0 Å². The Morgan fingerprint density at radius 1 is 1.50 bits per heavy atom. The van der Waals surface area contributed by atoms with Crippen LogP contribution in [0, 0.1) is 17.4 Å². The van der Waals surface area contributed by atoms with Gasteiger partial charge in [0, 0.05) is 32.7 Å². The Balaban J connectivity index is 0.00000288. The molecule has 2 rings (SSSR count). The molecule has 0 fully saturated rings. The molecule has 0 bridgehead atoms. The Bertz CT molecular complexity index is 680. The van der Waals surface area contributed by atoms with Crippen molar-refractivity contribution in [3.63, 3.8) is 0 Å². The molecule has 0 spiro atoms. The molecule has 125 valence electrons. The summed E-state index contributed by atoms with van der Waals surface area (Å²) in [6.07, 6.45) is 0.644. The van der Waals surface area contributed by atoms with Gasteiger partial charge in [-0.05, 0) is 12.1 Å². The van der Waals surface area contributed by atoms with E-state index in [0.29, 0.717) is 27.9 Å². The van der Waals surface area contributed by atoms with E-state index in [9.17, 15) is 13.6 Å². The summed E-state index contributed by atoms with van der Waals surface area (Å²) in [7, 11) is 0. The SMILES string of the molecule is N#CCOc1ccc(C2=[C-]CC(Br)C(=O)N2CC(F)F)c(Br)c1.[Y]. The van der Waals surface area contributed by atoms with Gasteiger partial charge in [0.1, 0.15) is 11.8 Å². The number of ether oxygens (including phenoxy) is 1. The Kier molecular flexibility index (Phi) is 8.99. The second kappa shape index (κ2) is 9.95. The third-order valence-corrected chi connectivity index (χ3v) is 4.44. The van der Waals surface area contributed by atoms with E-state index in [1.165, 1.54) is 0 Å². The number of nitriles is 1. The predicted molar refractivity (Wildman–Crippen MR) is 86.9 cm³/mol. The van der Waals surface area contributed by atoms with Crippen molar-refractivity contribution >= 4 is 43.5 Å². The molecule has 1 aromatic rings. The number of hydrogen-bond donors (Lipinski definition) is 0. The maximum absolute atomic E-state index is 12.8. The van der Waals surface area contributed by atoms with Crippen LogP contribution in [0.1, 0.15) is 12.0 Å². The fraction of sp³-hybridized carbons (Fsp3) is 0.333. The van der Waals surface area contributed by atoms with Crippen molar-refractivity contribution in [1.29, 1.82) is 5.26 Å². The van der Waals surface area contributed by atoms with Gasteiger partial charge in [0.15, 0.2) is 6.61 Å². The smallest absolute Gasteiger partial charge is 0.256 e. The monoisotopic (exact) mass is 536 g/mol. The van der Waals surface area contributed by atoms with Crippen molar-refractivity contribution < 1.29 is 51.0 Å². The standard InChI is InChI=1S/C15H11Br2F2N2O2.Y/c16-11-3-4-13(21(15(11)22)8-14(18)19)10-2-1-9(7-12(10)17)23-6-5-20;/h1-2,7,11,14H,3,6,8H2;/q-1;. The van der Waals surface area contributed by atoms with E-state index in [1.807, 2.05) is 6.07 Å². The minimum absolute atomic E-state index is 0. The second-order valence-electron chi connectivity index (χ2n) is 4.63. The molecule has 1 unspecified atom stereocenters. The van der Waals surface area contributed by atoms with Gasteiger partial charge in [0.2, 0.25) is 5.91 Å². The number of alkyl halides is 3. The summed E-state index contributed by atoms with van der Waals surface area (Å²) in [4.78, 5) is 12.7. The number of hydrogen-bond acceptors (Lipinski definition) is 3. The average Bonchev–Trinajstić information content (AvgIpc) is 2.50. The zero-order valence-electron chi connectivity index (χ0n) is 12.3. The molecule has 0 aromatic heterocycles. The molecule has 0 N–H and O–H groups in total. The maximum Gasteiger partial charge on any atom is 0.256 e. The largest absolute Gasteiger partial charge is 0.479 e. The Hall–Kier alpha value is -0.356. The van der Waals surface area contributed by atoms with Crippen LogP contribution in [0.2, 0.25) is 0 Å². The molecule has 0 saturated heterocycles. The maximum atomic E-state index is 12.8. The van der Waals surface area contributed by atoms with Crippen LogP contribution in [0.5, 0.6) is 5.75 Å². The Morgan fingerprint density at radius 3 is 2.79 bits per heavy atom.